The summed E-state index contributed by atoms with van der Waals surface area (Å²) in [6.45, 7) is 0.947. The third kappa shape index (κ3) is 12.1. The van der Waals surface area contributed by atoms with E-state index in [1.165, 1.54) is 14.2 Å². The number of hydrogen-bond donors (Lipinski definition) is 4. The number of ether oxygens (including phenoxy) is 4. The Kier molecular flexibility index (Phi) is 16.9. The Labute approximate surface area is 355 Å². The van der Waals surface area contributed by atoms with Gasteiger partial charge in [0.05, 0.1) is 13.2 Å². The zero-order chi connectivity index (χ0) is 44.8. The number of carbonyl (C=O) groups is 3. The standard InChI is InChI=1S/C46H47F5N4O7/c1-53-20-10-15-33(52)44(56)55-35(45(57)59-3)24-32-22-30(17-19-37(32)61-26-28-13-8-5-9-14-28)29-16-18-36(60-25-27-11-6-4-7-12-27)31(21-29)23-34(54-2)46(58)62-43-41(50)39(48)38(47)40(49)42(43)51/h4-9,11-14,16-19,21-22,33-35,53-54H,10,15,20,23-26,52H2,1-3H3,(H,55,56)/t33-,34-,35-/m0/s1. The highest BCUT2D eigenvalue weighted by Gasteiger charge is 2.31. The number of amides is 1. The van der Waals surface area contributed by atoms with Gasteiger partial charge in [0.1, 0.15) is 36.8 Å². The number of likely N-dealkylation sites (N-methyl/N-ethyl adjacent to an activating group) is 1. The number of benzene rings is 5. The van der Waals surface area contributed by atoms with Crippen molar-refractivity contribution >= 4 is 17.8 Å². The van der Waals surface area contributed by atoms with Crippen molar-refractivity contribution in [3.05, 3.63) is 148 Å². The van der Waals surface area contributed by atoms with Crippen LogP contribution in [0.1, 0.15) is 35.1 Å². The first-order valence-electron chi connectivity index (χ1n) is 19.6. The molecule has 0 saturated heterocycles. The van der Waals surface area contributed by atoms with Crippen molar-refractivity contribution in [2.45, 2.75) is 57.0 Å². The van der Waals surface area contributed by atoms with E-state index in [-0.39, 0.29) is 26.1 Å². The fourth-order valence-corrected chi connectivity index (χ4v) is 6.42. The number of esters is 2. The first-order chi connectivity index (χ1) is 29.8. The van der Waals surface area contributed by atoms with E-state index in [1.54, 1.807) is 43.4 Å². The number of nitrogens with two attached hydrogens (primary N) is 1. The SMILES string of the molecule is CNCCC[C@H](N)C(=O)N[C@@H](Cc1cc(-c2ccc(OCc3ccccc3)c(C[C@H](NC)C(=O)Oc3c(F)c(F)c(F)c(F)c3F)c2)ccc1OCc1ccccc1)C(=O)OC. The van der Waals surface area contributed by atoms with Crippen LogP contribution in [0.4, 0.5) is 22.0 Å². The van der Waals surface area contributed by atoms with Crippen molar-refractivity contribution in [3.8, 4) is 28.4 Å². The predicted octanol–water partition coefficient (Wildman–Crippen LogP) is 6.47. The molecule has 5 aromatic carbocycles. The zero-order valence-corrected chi connectivity index (χ0v) is 34.2. The number of methoxy groups -OCH3 is 1. The van der Waals surface area contributed by atoms with Crippen LogP contribution >= 0.6 is 0 Å². The average Bonchev–Trinajstić information content (AvgIpc) is 3.29. The molecule has 0 unspecified atom stereocenters. The van der Waals surface area contributed by atoms with E-state index in [2.05, 4.69) is 16.0 Å². The highest BCUT2D eigenvalue weighted by molar-refractivity contribution is 5.87. The van der Waals surface area contributed by atoms with E-state index in [0.29, 0.717) is 53.1 Å². The predicted molar refractivity (Wildman–Crippen MR) is 221 cm³/mol. The Balaban J connectivity index is 1.51. The van der Waals surface area contributed by atoms with Gasteiger partial charge in [-0.1, -0.05) is 72.8 Å². The van der Waals surface area contributed by atoms with Gasteiger partial charge in [0.15, 0.2) is 0 Å². The molecule has 11 nitrogen and oxygen atoms in total. The van der Waals surface area contributed by atoms with Crippen molar-refractivity contribution in [1.82, 2.24) is 16.0 Å². The lowest BCUT2D eigenvalue weighted by Crippen LogP contribution is -2.49. The molecule has 0 aliphatic carbocycles. The molecule has 0 saturated carbocycles. The van der Waals surface area contributed by atoms with E-state index in [1.807, 2.05) is 60.7 Å². The minimum Gasteiger partial charge on any atom is -0.489 e. The molecule has 0 radical (unpaired) electrons. The first-order valence-corrected chi connectivity index (χ1v) is 19.6. The van der Waals surface area contributed by atoms with Crippen LogP contribution < -0.4 is 35.9 Å². The van der Waals surface area contributed by atoms with E-state index in [0.717, 1.165) is 11.1 Å². The Morgan fingerprint density at radius 1 is 0.645 bits per heavy atom. The molecule has 5 rings (SSSR count). The molecule has 3 atom stereocenters. The normalized spacial score (nSPS) is 12.5. The lowest BCUT2D eigenvalue weighted by atomic mass is 9.95. The highest BCUT2D eigenvalue weighted by Crippen LogP contribution is 2.34. The Bertz CT molecular complexity index is 2290. The van der Waals surface area contributed by atoms with Crippen LogP contribution in [-0.2, 0) is 45.2 Å². The van der Waals surface area contributed by atoms with Gasteiger partial charge in [0.2, 0.25) is 40.7 Å². The lowest BCUT2D eigenvalue weighted by molar-refractivity contribution is -0.145. The summed E-state index contributed by atoms with van der Waals surface area (Å²) < 4.78 is 93.0. The lowest BCUT2D eigenvalue weighted by Gasteiger charge is -2.22. The van der Waals surface area contributed by atoms with E-state index in [4.69, 9.17) is 24.7 Å². The maximum atomic E-state index is 14.5. The number of carbonyl (C=O) groups excluding carboxylic acids is 3. The topological polar surface area (TPSA) is 150 Å². The fraction of sp³-hybridized carbons (Fsp3) is 0.283. The van der Waals surface area contributed by atoms with Crippen molar-refractivity contribution in [2.75, 3.05) is 27.7 Å². The second-order valence-corrected chi connectivity index (χ2v) is 14.2. The van der Waals surface area contributed by atoms with Gasteiger partial charge in [-0.2, -0.15) is 8.78 Å². The molecule has 5 N–H and O–H groups in total. The summed E-state index contributed by atoms with van der Waals surface area (Å²) >= 11 is 0. The molecule has 62 heavy (non-hydrogen) atoms. The molecular weight excluding hydrogens is 816 g/mol. The summed E-state index contributed by atoms with van der Waals surface area (Å²) in [4.78, 5) is 39.6. The van der Waals surface area contributed by atoms with E-state index < -0.39 is 70.8 Å². The molecule has 0 aliphatic rings. The minimum atomic E-state index is -2.40. The van der Waals surface area contributed by atoms with Gasteiger partial charge in [-0.05, 0) is 91.1 Å². The molecule has 0 aliphatic heterocycles. The van der Waals surface area contributed by atoms with Crippen LogP contribution in [0.2, 0.25) is 0 Å². The van der Waals surface area contributed by atoms with Crippen LogP contribution in [0.25, 0.3) is 11.1 Å². The molecule has 1 amide bonds. The van der Waals surface area contributed by atoms with Gasteiger partial charge in [-0.3, -0.25) is 4.79 Å². The molecular formula is C46H47F5N4O7. The largest absolute Gasteiger partial charge is 0.489 e. The molecule has 0 fully saturated rings. The summed E-state index contributed by atoms with van der Waals surface area (Å²) in [5.41, 5.74) is 9.95. The summed E-state index contributed by atoms with van der Waals surface area (Å²) in [6, 6.07) is 25.5. The third-order valence-corrected chi connectivity index (χ3v) is 9.86. The fourth-order valence-electron chi connectivity index (χ4n) is 6.42. The van der Waals surface area contributed by atoms with Gasteiger partial charge in [-0.25, -0.2) is 22.8 Å². The van der Waals surface area contributed by atoms with Crippen LogP contribution in [0, 0.1) is 29.1 Å². The molecule has 0 heterocycles. The minimum absolute atomic E-state index is 0.0594. The van der Waals surface area contributed by atoms with E-state index >= 15 is 0 Å². The van der Waals surface area contributed by atoms with Crippen molar-refractivity contribution < 1.29 is 55.3 Å². The van der Waals surface area contributed by atoms with Crippen molar-refractivity contribution in [2.24, 2.45) is 5.73 Å². The second kappa shape index (κ2) is 22.5. The maximum Gasteiger partial charge on any atom is 0.329 e. The average molecular weight is 863 g/mol. The number of halogens is 5. The molecule has 16 heteroatoms. The van der Waals surface area contributed by atoms with Gasteiger partial charge < -0.3 is 40.6 Å². The molecule has 0 spiro atoms. The van der Waals surface area contributed by atoms with Crippen molar-refractivity contribution in [1.29, 1.82) is 0 Å². The number of nitrogens with one attached hydrogen (secondary N) is 3. The van der Waals surface area contributed by atoms with Gasteiger partial charge >= 0.3 is 11.9 Å². The molecule has 0 bridgehead atoms. The highest BCUT2D eigenvalue weighted by atomic mass is 19.2. The second-order valence-electron chi connectivity index (χ2n) is 14.2. The summed E-state index contributed by atoms with van der Waals surface area (Å²) in [5, 5.41) is 8.42. The summed E-state index contributed by atoms with van der Waals surface area (Å²) in [7, 11) is 4.34. The van der Waals surface area contributed by atoms with E-state index in [9.17, 15) is 36.3 Å². The number of hydrogen-bond acceptors (Lipinski definition) is 10. The van der Waals surface area contributed by atoms with Crippen LogP contribution in [-0.4, -0.2) is 63.7 Å². The summed E-state index contributed by atoms with van der Waals surface area (Å²) in [6.07, 6.45) is 0.709. The van der Waals surface area contributed by atoms with Crippen LogP contribution in [0.3, 0.4) is 0 Å². The Hall–Kier alpha value is -6.36. The van der Waals surface area contributed by atoms with Crippen molar-refractivity contribution in [3.63, 3.8) is 0 Å². The van der Waals surface area contributed by atoms with Crippen LogP contribution in [0.15, 0.2) is 97.1 Å². The Morgan fingerprint density at radius 3 is 1.60 bits per heavy atom. The van der Waals surface area contributed by atoms with Gasteiger partial charge in [0, 0.05) is 12.8 Å². The molecule has 0 aromatic heterocycles. The number of rotatable bonds is 21. The summed E-state index contributed by atoms with van der Waals surface area (Å²) in [5.74, 6) is -15.1. The molecule has 328 valence electrons. The first kappa shape index (κ1) is 46.7. The maximum absolute atomic E-state index is 14.5. The van der Waals surface area contributed by atoms with Gasteiger partial charge in [0.25, 0.3) is 0 Å². The Morgan fingerprint density at radius 2 is 1.13 bits per heavy atom. The zero-order valence-electron chi connectivity index (χ0n) is 34.2. The smallest absolute Gasteiger partial charge is 0.329 e. The van der Waals surface area contributed by atoms with Gasteiger partial charge in [-0.15, -0.1) is 0 Å². The monoisotopic (exact) mass is 862 g/mol. The molecule has 5 aromatic rings. The third-order valence-electron chi connectivity index (χ3n) is 9.86. The van der Waals surface area contributed by atoms with Crippen LogP contribution in [0.5, 0.6) is 17.2 Å². The quantitative estimate of drug-likeness (QED) is 0.0162.